The molecule has 2 aromatic carbocycles. The van der Waals surface area contributed by atoms with Crippen LogP contribution in [0.5, 0.6) is 0 Å². The standard InChI is InChI=1S/C18H19F2N/c19-16-10-4-7-13(18(16)20)11-17(21)15-9-3-6-12-5-1-2-8-14(12)15/h1-2,4-5,7-8,10,15,17H,3,6,9,11,21H2. The number of benzene rings is 2. The number of halogens is 2. The van der Waals surface area contributed by atoms with Gasteiger partial charge in [-0.25, -0.2) is 8.78 Å². The summed E-state index contributed by atoms with van der Waals surface area (Å²) in [5.41, 5.74) is 9.30. The van der Waals surface area contributed by atoms with E-state index in [-0.39, 0.29) is 12.0 Å². The number of nitrogens with two attached hydrogens (primary N) is 1. The molecule has 2 unspecified atom stereocenters. The molecule has 1 aliphatic carbocycles. The second-order valence-electron chi connectivity index (χ2n) is 5.78. The van der Waals surface area contributed by atoms with E-state index >= 15 is 0 Å². The van der Waals surface area contributed by atoms with E-state index in [4.69, 9.17) is 5.73 Å². The molecule has 0 heterocycles. The highest BCUT2D eigenvalue weighted by Crippen LogP contribution is 2.34. The van der Waals surface area contributed by atoms with Gasteiger partial charge in [0.2, 0.25) is 0 Å². The van der Waals surface area contributed by atoms with Gasteiger partial charge < -0.3 is 5.73 Å². The van der Waals surface area contributed by atoms with Gasteiger partial charge in [0, 0.05) is 6.04 Å². The van der Waals surface area contributed by atoms with Crippen molar-refractivity contribution in [2.45, 2.75) is 37.6 Å². The van der Waals surface area contributed by atoms with Crippen molar-refractivity contribution in [3.63, 3.8) is 0 Å². The Balaban J connectivity index is 1.83. The molecule has 3 rings (SSSR count). The third kappa shape index (κ3) is 2.84. The molecule has 0 fully saturated rings. The van der Waals surface area contributed by atoms with Crippen LogP contribution in [-0.4, -0.2) is 6.04 Å². The Labute approximate surface area is 123 Å². The second kappa shape index (κ2) is 5.94. The first-order valence-corrected chi connectivity index (χ1v) is 7.43. The summed E-state index contributed by atoms with van der Waals surface area (Å²) in [5.74, 6) is -1.35. The zero-order valence-electron chi connectivity index (χ0n) is 11.9. The molecule has 0 aromatic heterocycles. The van der Waals surface area contributed by atoms with E-state index in [0.717, 1.165) is 25.3 Å². The fraction of sp³-hybridized carbons (Fsp3) is 0.333. The molecule has 0 amide bonds. The van der Waals surface area contributed by atoms with E-state index in [2.05, 4.69) is 12.1 Å². The van der Waals surface area contributed by atoms with E-state index in [0.29, 0.717) is 12.0 Å². The minimum absolute atomic E-state index is 0.192. The highest BCUT2D eigenvalue weighted by molar-refractivity contribution is 5.34. The molecule has 0 aliphatic heterocycles. The molecule has 3 heteroatoms. The molecule has 110 valence electrons. The Morgan fingerprint density at radius 1 is 1.10 bits per heavy atom. The fourth-order valence-corrected chi connectivity index (χ4v) is 3.34. The van der Waals surface area contributed by atoms with Crippen LogP contribution in [0.4, 0.5) is 8.78 Å². The van der Waals surface area contributed by atoms with Crippen LogP contribution in [0.2, 0.25) is 0 Å². The third-order valence-electron chi connectivity index (χ3n) is 4.42. The maximum atomic E-state index is 13.8. The predicted octanol–water partition coefficient (Wildman–Crippen LogP) is 3.95. The van der Waals surface area contributed by atoms with Crippen LogP contribution in [-0.2, 0) is 12.8 Å². The van der Waals surface area contributed by atoms with Crippen LogP contribution < -0.4 is 5.73 Å². The van der Waals surface area contributed by atoms with Crippen molar-refractivity contribution in [2.75, 3.05) is 0 Å². The van der Waals surface area contributed by atoms with Gasteiger partial charge in [0.25, 0.3) is 0 Å². The number of rotatable bonds is 3. The Morgan fingerprint density at radius 2 is 1.90 bits per heavy atom. The zero-order chi connectivity index (χ0) is 14.8. The van der Waals surface area contributed by atoms with Gasteiger partial charge in [-0.3, -0.25) is 0 Å². The predicted molar refractivity (Wildman–Crippen MR) is 80.2 cm³/mol. The van der Waals surface area contributed by atoms with Gasteiger partial charge in [-0.1, -0.05) is 36.4 Å². The summed E-state index contributed by atoms with van der Waals surface area (Å²) in [5, 5.41) is 0. The third-order valence-corrected chi connectivity index (χ3v) is 4.42. The molecule has 1 aliphatic rings. The molecule has 21 heavy (non-hydrogen) atoms. The van der Waals surface area contributed by atoms with Crippen molar-refractivity contribution in [1.29, 1.82) is 0 Å². The van der Waals surface area contributed by atoms with Crippen LogP contribution in [0.15, 0.2) is 42.5 Å². The quantitative estimate of drug-likeness (QED) is 0.908. The van der Waals surface area contributed by atoms with Crippen molar-refractivity contribution in [3.8, 4) is 0 Å². The lowest BCUT2D eigenvalue weighted by molar-refractivity contribution is 0.445. The Kier molecular flexibility index (Phi) is 4.02. The molecule has 0 bridgehead atoms. The lowest BCUT2D eigenvalue weighted by Gasteiger charge is -2.30. The fourth-order valence-electron chi connectivity index (χ4n) is 3.34. The summed E-state index contributed by atoms with van der Waals surface area (Å²) >= 11 is 0. The van der Waals surface area contributed by atoms with Crippen molar-refractivity contribution in [2.24, 2.45) is 5.73 Å². The van der Waals surface area contributed by atoms with E-state index in [1.54, 1.807) is 6.07 Å². The highest BCUT2D eigenvalue weighted by atomic mass is 19.2. The molecule has 0 radical (unpaired) electrons. The second-order valence-corrected chi connectivity index (χ2v) is 5.78. The normalized spacial score (nSPS) is 19.1. The SMILES string of the molecule is NC(Cc1cccc(F)c1F)C1CCCc2ccccc21. The maximum Gasteiger partial charge on any atom is 0.162 e. The number of hydrogen-bond donors (Lipinski definition) is 1. The van der Waals surface area contributed by atoms with E-state index in [9.17, 15) is 8.78 Å². The Morgan fingerprint density at radius 3 is 2.76 bits per heavy atom. The minimum atomic E-state index is -0.802. The first-order chi connectivity index (χ1) is 10.2. The summed E-state index contributed by atoms with van der Waals surface area (Å²) < 4.78 is 27.1. The van der Waals surface area contributed by atoms with Crippen LogP contribution >= 0.6 is 0 Å². The van der Waals surface area contributed by atoms with Crippen molar-refractivity contribution in [3.05, 3.63) is 70.8 Å². The van der Waals surface area contributed by atoms with Crippen LogP contribution in [0.3, 0.4) is 0 Å². The average Bonchev–Trinajstić information content (AvgIpc) is 2.51. The van der Waals surface area contributed by atoms with E-state index in [1.807, 2.05) is 12.1 Å². The Hall–Kier alpha value is -1.74. The minimum Gasteiger partial charge on any atom is -0.327 e. The van der Waals surface area contributed by atoms with Crippen molar-refractivity contribution < 1.29 is 8.78 Å². The lowest BCUT2D eigenvalue weighted by Crippen LogP contribution is -2.33. The van der Waals surface area contributed by atoms with Gasteiger partial charge >= 0.3 is 0 Å². The summed E-state index contributed by atoms with van der Waals surface area (Å²) in [6, 6.07) is 12.4. The molecular formula is C18H19F2N. The summed E-state index contributed by atoms with van der Waals surface area (Å²) in [6.07, 6.45) is 3.55. The average molecular weight is 287 g/mol. The van der Waals surface area contributed by atoms with Crippen LogP contribution in [0.1, 0.15) is 35.4 Å². The molecule has 0 spiro atoms. The summed E-state index contributed by atoms with van der Waals surface area (Å²) in [7, 11) is 0. The molecule has 2 atom stereocenters. The molecule has 2 aromatic rings. The van der Waals surface area contributed by atoms with E-state index in [1.165, 1.54) is 17.2 Å². The number of aryl methyl sites for hydroxylation is 1. The monoisotopic (exact) mass is 287 g/mol. The van der Waals surface area contributed by atoms with E-state index < -0.39 is 11.6 Å². The van der Waals surface area contributed by atoms with Gasteiger partial charge in [0.05, 0.1) is 0 Å². The number of fused-ring (bicyclic) bond motifs is 1. The van der Waals surface area contributed by atoms with Crippen molar-refractivity contribution in [1.82, 2.24) is 0 Å². The summed E-state index contributed by atoms with van der Waals surface area (Å²) in [6.45, 7) is 0. The molecule has 2 N–H and O–H groups in total. The van der Waals surface area contributed by atoms with Gasteiger partial charge in [-0.2, -0.15) is 0 Å². The van der Waals surface area contributed by atoms with Crippen LogP contribution in [0.25, 0.3) is 0 Å². The Bertz CT molecular complexity index is 639. The summed E-state index contributed by atoms with van der Waals surface area (Å²) in [4.78, 5) is 0. The topological polar surface area (TPSA) is 26.0 Å². The molecular weight excluding hydrogens is 268 g/mol. The molecule has 1 nitrogen and oxygen atoms in total. The largest absolute Gasteiger partial charge is 0.327 e. The zero-order valence-corrected chi connectivity index (χ0v) is 11.9. The number of hydrogen-bond acceptors (Lipinski definition) is 1. The van der Waals surface area contributed by atoms with Gasteiger partial charge in [0.15, 0.2) is 11.6 Å². The lowest BCUT2D eigenvalue weighted by atomic mass is 9.77. The first-order valence-electron chi connectivity index (χ1n) is 7.43. The van der Waals surface area contributed by atoms with Crippen LogP contribution in [0, 0.1) is 11.6 Å². The smallest absolute Gasteiger partial charge is 0.162 e. The van der Waals surface area contributed by atoms with Crippen molar-refractivity contribution >= 4 is 0 Å². The van der Waals surface area contributed by atoms with Gasteiger partial charge in [-0.05, 0) is 54.4 Å². The molecule has 0 saturated carbocycles. The van der Waals surface area contributed by atoms with Gasteiger partial charge in [-0.15, -0.1) is 0 Å². The maximum absolute atomic E-state index is 13.8. The highest BCUT2D eigenvalue weighted by Gasteiger charge is 2.26. The van der Waals surface area contributed by atoms with Gasteiger partial charge in [0.1, 0.15) is 0 Å². The molecule has 0 saturated heterocycles. The first kappa shape index (κ1) is 14.2.